The molecule has 1 aromatic carbocycles. The topological polar surface area (TPSA) is 63.2 Å². The van der Waals surface area contributed by atoms with Crippen molar-refractivity contribution in [1.82, 2.24) is 5.32 Å². The summed E-state index contributed by atoms with van der Waals surface area (Å²) in [5.74, 6) is -0.563. The second kappa shape index (κ2) is 6.18. The fourth-order valence-electron chi connectivity index (χ4n) is 1.93. The minimum atomic E-state index is -3.54. The Morgan fingerprint density at radius 2 is 1.81 bits per heavy atom. The number of amides is 1. The van der Waals surface area contributed by atoms with Gasteiger partial charge in [0.05, 0.1) is 5.75 Å². The van der Waals surface area contributed by atoms with Crippen molar-refractivity contribution in [3.63, 3.8) is 0 Å². The molecule has 1 aromatic rings. The van der Waals surface area contributed by atoms with Gasteiger partial charge in [-0.1, -0.05) is 23.8 Å². The van der Waals surface area contributed by atoms with Gasteiger partial charge < -0.3 is 5.32 Å². The lowest BCUT2D eigenvalue weighted by Gasteiger charge is -2.23. The molecule has 0 radical (unpaired) electrons. The average molecular weight is 311 g/mol. The van der Waals surface area contributed by atoms with Crippen molar-refractivity contribution in [2.75, 3.05) is 0 Å². The summed E-state index contributed by atoms with van der Waals surface area (Å²) in [7, 11) is -3.54. The van der Waals surface area contributed by atoms with Crippen molar-refractivity contribution >= 4 is 15.7 Å². The molecule has 0 saturated heterocycles. The first kappa shape index (κ1) is 17.7. The summed E-state index contributed by atoms with van der Waals surface area (Å²) in [5.41, 5.74) is 2.25. The van der Waals surface area contributed by atoms with Crippen LogP contribution in [0.4, 0.5) is 0 Å². The van der Waals surface area contributed by atoms with Crippen LogP contribution in [0, 0.1) is 13.8 Å². The Morgan fingerprint density at radius 3 is 2.33 bits per heavy atom. The van der Waals surface area contributed by atoms with Crippen LogP contribution in [0.25, 0.3) is 0 Å². The highest BCUT2D eigenvalue weighted by Gasteiger charge is 2.30. The van der Waals surface area contributed by atoms with E-state index in [9.17, 15) is 13.2 Å². The summed E-state index contributed by atoms with van der Waals surface area (Å²) in [6, 6.07) is 5.71. The predicted octanol–water partition coefficient (Wildman–Crippen LogP) is 2.52. The Bertz CT molecular complexity index is 627. The van der Waals surface area contributed by atoms with Crippen LogP contribution >= 0.6 is 0 Å². The largest absolute Gasteiger partial charge is 0.350 e. The molecule has 0 aromatic heterocycles. The van der Waals surface area contributed by atoms with E-state index in [-0.39, 0.29) is 5.75 Å². The number of hydrogen-bond acceptors (Lipinski definition) is 3. The van der Waals surface area contributed by atoms with Crippen molar-refractivity contribution in [3.8, 4) is 0 Å². The molecule has 0 saturated carbocycles. The number of nitrogens with one attached hydrogen (secondary N) is 1. The first-order valence-corrected chi connectivity index (χ1v) is 8.73. The van der Waals surface area contributed by atoms with Crippen LogP contribution in [0.2, 0.25) is 0 Å². The molecule has 118 valence electrons. The maximum atomic E-state index is 12.4. The van der Waals surface area contributed by atoms with E-state index in [4.69, 9.17) is 0 Å². The van der Waals surface area contributed by atoms with E-state index < -0.39 is 26.5 Å². The van der Waals surface area contributed by atoms with Gasteiger partial charge in [0.1, 0.15) is 5.25 Å². The van der Waals surface area contributed by atoms with Crippen molar-refractivity contribution in [1.29, 1.82) is 0 Å². The quantitative estimate of drug-likeness (QED) is 0.929. The maximum Gasteiger partial charge on any atom is 0.238 e. The lowest BCUT2D eigenvalue weighted by molar-refractivity contribution is -0.121. The van der Waals surface area contributed by atoms with E-state index >= 15 is 0 Å². The van der Waals surface area contributed by atoms with Gasteiger partial charge in [0, 0.05) is 5.54 Å². The molecule has 0 spiro atoms. The average Bonchev–Trinajstić information content (AvgIpc) is 2.30. The number of carbonyl (C=O) groups is 1. The van der Waals surface area contributed by atoms with Gasteiger partial charge in [-0.25, -0.2) is 8.42 Å². The molecule has 0 aliphatic heterocycles. The van der Waals surface area contributed by atoms with Gasteiger partial charge in [0.2, 0.25) is 5.91 Å². The lowest BCUT2D eigenvalue weighted by atomic mass is 10.1. The Balaban J connectivity index is 2.96. The van der Waals surface area contributed by atoms with E-state index in [2.05, 4.69) is 5.32 Å². The van der Waals surface area contributed by atoms with Crippen molar-refractivity contribution in [2.45, 2.75) is 58.1 Å². The molecular formula is C16H25NO3S. The molecule has 1 atom stereocenters. The second-order valence-electron chi connectivity index (χ2n) is 6.62. The molecule has 21 heavy (non-hydrogen) atoms. The van der Waals surface area contributed by atoms with Crippen LogP contribution in [0.1, 0.15) is 44.4 Å². The number of benzene rings is 1. The fourth-order valence-corrected chi connectivity index (χ4v) is 3.31. The standard InChI is InChI=1S/C16H25NO3S/c1-11-7-8-12(2)14(9-11)10-21(19,20)13(3)15(18)17-16(4,5)6/h7-9,13H,10H2,1-6H3,(H,17,18). The van der Waals surface area contributed by atoms with Gasteiger partial charge in [-0.05, 0) is 52.7 Å². The molecule has 1 N–H and O–H groups in total. The number of rotatable bonds is 4. The van der Waals surface area contributed by atoms with Crippen LogP contribution in [-0.2, 0) is 20.4 Å². The zero-order valence-corrected chi connectivity index (χ0v) is 14.5. The molecule has 5 heteroatoms. The van der Waals surface area contributed by atoms with Gasteiger partial charge in [0.15, 0.2) is 9.84 Å². The first-order valence-electron chi connectivity index (χ1n) is 7.02. The van der Waals surface area contributed by atoms with Gasteiger partial charge >= 0.3 is 0 Å². The molecule has 0 heterocycles. The van der Waals surface area contributed by atoms with Crippen molar-refractivity contribution < 1.29 is 13.2 Å². The summed E-state index contributed by atoms with van der Waals surface area (Å²) in [4.78, 5) is 12.1. The predicted molar refractivity (Wildman–Crippen MR) is 85.9 cm³/mol. The molecular weight excluding hydrogens is 286 g/mol. The second-order valence-corrected chi connectivity index (χ2v) is 8.94. The molecule has 1 amide bonds. The summed E-state index contributed by atoms with van der Waals surface area (Å²) in [5, 5.41) is 1.66. The Labute approximate surface area is 127 Å². The van der Waals surface area contributed by atoms with Crippen LogP contribution < -0.4 is 5.32 Å². The zero-order valence-electron chi connectivity index (χ0n) is 13.6. The smallest absolute Gasteiger partial charge is 0.238 e. The van der Waals surface area contributed by atoms with Crippen LogP contribution in [0.15, 0.2) is 18.2 Å². The summed E-state index contributed by atoms with van der Waals surface area (Å²) >= 11 is 0. The van der Waals surface area contributed by atoms with Crippen molar-refractivity contribution in [3.05, 3.63) is 34.9 Å². The van der Waals surface area contributed by atoms with Crippen LogP contribution in [-0.4, -0.2) is 25.1 Å². The van der Waals surface area contributed by atoms with E-state index in [1.807, 2.05) is 52.8 Å². The van der Waals surface area contributed by atoms with Crippen molar-refractivity contribution in [2.24, 2.45) is 0 Å². The van der Waals surface area contributed by atoms with Crippen LogP contribution in [0.5, 0.6) is 0 Å². The highest BCUT2D eigenvalue weighted by Crippen LogP contribution is 2.17. The summed E-state index contributed by atoms with van der Waals surface area (Å²) < 4.78 is 24.9. The highest BCUT2D eigenvalue weighted by molar-refractivity contribution is 7.92. The van der Waals surface area contributed by atoms with Gasteiger partial charge in [0.25, 0.3) is 0 Å². The third kappa shape index (κ3) is 5.16. The minimum Gasteiger partial charge on any atom is -0.350 e. The summed E-state index contributed by atoms with van der Waals surface area (Å²) in [6.07, 6.45) is 0. The molecule has 4 nitrogen and oxygen atoms in total. The molecule has 0 aliphatic rings. The third-order valence-electron chi connectivity index (χ3n) is 3.27. The molecule has 0 aliphatic carbocycles. The molecule has 0 fully saturated rings. The lowest BCUT2D eigenvalue weighted by Crippen LogP contribution is -2.47. The Kier molecular flexibility index (Phi) is 5.20. The zero-order chi connectivity index (χ0) is 16.4. The monoisotopic (exact) mass is 311 g/mol. The van der Waals surface area contributed by atoms with Gasteiger partial charge in [-0.3, -0.25) is 4.79 Å². The molecule has 1 rings (SSSR count). The number of aryl methyl sites for hydroxylation is 2. The van der Waals surface area contributed by atoms with Gasteiger partial charge in [-0.2, -0.15) is 0 Å². The molecule has 0 bridgehead atoms. The molecule has 1 unspecified atom stereocenters. The number of sulfone groups is 1. The van der Waals surface area contributed by atoms with E-state index in [1.54, 1.807) is 0 Å². The summed E-state index contributed by atoms with van der Waals surface area (Å²) in [6.45, 7) is 10.7. The minimum absolute atomic E-state index is 0.112. The third-order valence-corrected chi connectivity index (χ3v) is 5.27. The number of carbonyl (C=O) groups excluding carboxylic acids is 1. The van der Waals surface area contributed by atoms with E-state index in [1.165, 1.54) is 6.92 Å². The fraction of sp³-hybridized carbons (Fsp3) is 0.562. The maximum absolute atomic E-state index is 12.4. The van der Waals surface area contributed by atoms with E-state index in [0.29, 0.717) is 0 Å². The van der Waals surface area contributed by atoms with E-state index in [0.717, 1.165) is 16.7 Å². The first-order chi connectivity index (χ1) is 9.42. The van der Waals surface area contributed by atoms with Gasteiger partial charge in [-0.15, -0.1) is 0 Å². The Morgan fingerprint density at radius 1 is 1.24 bits per heavy atom. The highest BCUT2D eigenvalue weighted by atomic mass is 32.2. The van der Waals surface area contributed by atoms with Crippen LogP contribution in [0.3, 0.4) is 0 Å². The normalized spacial score (nSPS) is 13.8. The number of hydrogen-bond donors (Lipinski definition) is 1. The SMILES string of the molecule is Cc1ccc(C)c(CS(=O)(=O)C(C)C(=O)NC(C)(C)C)c1. The Hall–Kier alpha value is -1.36.